The van der Waals surface area contributed by atoms with Gasteiger partial charge in [0.05, 0.1) is 0 Å². The molecule has 138 valence electrons. The first kappa shape index (κ1) is 17.2. The number of hydrogen-bond acceptors (Lipinski definition) is 5. The van der Waals surface area contributed by atoms with E-state index in [0.717, 1.165) is 30.5 Å². The second kappa shape index (κ2) is 6.81. The predicted octanol–water partition coefficient (Wildman–Crippen LogP) is 0.274. The smallest absolute Gasteiger partial charge is 0.255 e. The lowest BCUT2D eigenvalue weighted by Gasteiger charge is -2.32. The molecule has 0 aromatic heterocycles. The van der Waals surface area contributed by atoms with Crippen LogP contribution in [0.15, 0.2) is 18.2 Å². The zero-order valence-corrected chi connectivity index (χ0v) is 14.7. The summed E-state index contributed by atoms with van der Waals surface area (Å²) in [6, 6.07) is 5.63. The fourth-order valence-electron chi connectivity index (χ4n) is 4.20. The average molecular weight is 356 g/mol. The fourth-order valence-corrected chi connectivity index (χ4v) is 4.20. The third-order valence-electron chi connectivity index (χ3n) is 5.66. The third-order valence-corrected chi connectivity index (χ3v) is 5.66. The van der Waals surface area contributed by atoms with E-state index in [1.165, 1.54) is 0 Å². The Morgan fingerprint density at radius 1 is 1.23 bits per heavy atom. The topological polar surface area (TPSA) is 105 Å². The largest absolute Gasteiger partial charge is 0.328 e. The van der Waals surface area contributed by atoms with Crippen LogP contribution in [0.3, 0.4) is 0 Å². The van der Waals surface area contributed by atoms with Gasteiger partial charge < -0.3 is 16.0 Å². The molecular formula is C19H24N4O3. The number of piperidine rings is 1. The highest BCUT2D eigenvalue weighted by Crippen LogP contribution is 2.30. The van der Waals surface area contributed by atoms with Crippen molar-refractivity contribution in [3.63, 3.8) is 0 Å². The lowest BCUT2D eigenvalue weighted by molar-refractivity contribution is -0.136. The van der Waals surface area contributed by atoms with Gasteiger partial charge in [-0.1, -0.05) is 18.2 Å². The number of amides is 3. The molecule has 1 aromatic carbocycles. The van der Waals surface area contributed by atoms with E-state index in [4.69, 9.17) is 5.73 Å². The van der Waals surface area contributed by atoms with Crippen molar-refractivity contribution < 1.29 is 14.4 Å². The summed E-state index contributed by atoms with van der Waals surface area (Å²) in [5, 5.41) is 5.77. The van der Waals surface area contributed by atoms with Crippen molar-refractivity contribution in [2.75, 3.05) is 6.54 Å². The van der Waals surface area contributed by atoms with Crippen molar-refractivity contribution in [3.8, 4) is 0 Å². The monoisotopic (exact) mass is 356 g/mol. The van der Waals surface area contributed by atoms with Gasteiger partial charge in [0.25, 0.3) is 5.91 Å². The maximum atomic E-state index is 13.0. The molecule has 7 nitrogen and oxygen atoms in total. The van der Waals surface area contributed by atoms with Crippen LogP contribution in [-0.4, -0.2) is 41.2 Å². The lowest BCUT2D eigenvalue weighted by atomic mass is 9.81. The van der Waals surface area contributed by atoms with Crippen LogP contribution in [0.5, 0.6) is 0 Å². The molecule has 0 bridgehead atoms. The van der Waals surface area contributed by atoms with Crippen LogP contribution in [0.1, 0.15) is 47.2 Å². The molecule has 2 aliphatic heterocycles. The molecule has 1 aromatic rings. The number of rotatable bonds is 5. The Hall–Kier alpha value is -2.25. The first-order valence-electron chi connectivity index (χ1n) is 9.24. The Morgan fingerprint density at radius 3 is 2.77 bits per heavy atom. The number of fused-ring (bicyclic) bond motifs is 1. The van der Waals surface area contributed by atoms with Crippen LogP contribution in [0.2, 0.25) is 0 Å². The molecule has 4 N–H and O–H groups in total. The standard InChI is InChI=1S/C19H24N4O3/c20-14-6-11(7-14)8-21-9-12-2-1-3-13-10-23(19(26)17(12)13)15-4-5-16(24)22-18(15)25/h1-3,11,14-15,21H,4-10,20H2,(H,22,24,25). The maximum Gasteiger partial charge on any atom is 0.255 e. The van der Waals surface area contributed by atoms with E-state index in [2.05, 4.69) is 10.6 Å². The summed E-state index contributed by atoms with van der Waals surface area (Å²) in [6.07, 6.45) is 2.78. The van der Waals surface area contributed by atoms with Crippen molar-refractivity contribution in [2.45, 2.75) is 50.9 Å². The van der Waals surface area contributed by atoms with Gasteiger partial charge in [0.1, 0.15) is 6.04 Å². The van der Waals surface area contributed by atoms with E-state index in [1.807, 2.05) is 18.2 Å². The first-order valence-corrected chi connectivity index (χ1v) is 9.24. The SMILES string of the molecule is NC1CC(CNCc2cccc3c2C(=O)N(C2CCC(=O)NC2=O)C3)C1. The summed E-state index contributed by atoms with van der Waals surface area (Å²) in [7, 11) is 0. The highest BCUT2D eigenvalue weighted by Gasteiger charge is 2.39. The molecule has 1 aliphatic carbocycles. The number of benzene rings is 1. The zero-order valence-electron chi connectivity index (χ0n) is 14.7. The Balaban J connectivity index is 1.44. The molecule has 1 saturated carbocycles. The molecule has 3 aliphatic rings. The summed E-state index contributed by atoms with van der Waals surface area (Å²) < 4.78 is 0. The van der Waals surface area contributed by atoms with Gasteiger partial charge in [-0.25, -0.2) is 0 Å². The van der Waals surface area contributed by atoms with Crippen molar-refractivity contribution in [1.29, 1.82) is 0 Å². The maximum absolute atomic E-state index is 13.0. The number of hydrogen-bond donors (Lipinski definition) is 3. The van der Waals surface area contributed by atoms with Gasteiger partial charge in [-0.05, 0) is 42.9 Å². The summed E-state index contributed by atoms with van der Waals surface area (Å²) >= 11 is 0. The Kier molecular flexibility index (Phi) is 4.50. The molecule has 2 fully saturated rings. The first-order chi connectivity index (χ1) is 12.5. The molecule has 1 unspecified atom stereocenters. The molecule has 0 spiro atoms. The quantitative estimate of drug-likeness (QED) is 0.657. The normalized spacial score (nSPS) is 28.0. The van der Waals surface area contributed by atoms with Crippen molar-refractivity contribution in [1.82, 2.24) is 15.5 Å². The zero-order chi connectivity index (χ0) is 18.3. The third kappa shape index (κ3) is 3.12. The van der Waals surface area contributed by atoms with Crippen LogP contribution in [0.25, 0.3) is 0 Å². The van der Waals surface area contributed by atoms with Crippen LogP contribution in [0, 0.1) is 5.92 Å². The average Bonchev–Trinajstić information content (AvgIpc) is 2.91. The lowest BCUT2D eigenvalue weighted by Crippen LogP contribution is -2.52. The molecule has 3 amide bonds. The second-order valence-corrected chi connectivity index (χ2v) is 7.58. The van der Waals surface area contributed by atoms with E-state index in [0.29, 0.717) is 37.0 Å². The fraction of sp³-hybridized carbons (Fsp3) is 0.526. The molecule has 0 radical (unpaired) electrons. The van der Waals surface area contributed by atoms with Gasteiger partial charge in [0.15, 0.2) is 0 Å². The number of nitrogens with one attached hydrogen (secondary N) is 2. The molecule has 1 atom stereocenters. The van der Waals surface area contributed by atoms with Gasteiger partial charge in [-0.2, -0.15) is 0 Å². The summed E-state index contributed by atoms with van der Waals surface area (Å²) in [5.41, 5.74) is 8.43. The summed E-state index contributed by atoms with van der Waals surface area (Å²) in [5.74, 6) is -0.130. The van der Waals surface area contributed by atoms with Gasteiger partial charge in [0, 0.05) is 31.1 Å². The van der Waals surface area contributed by atoms with E-state index >= 15 is 0 Å². The summed E-state index contributed by atoms with van der Waals surface area (Å²) in [4.78, 5) is 38.1. The van der Waals surface area contributed by atoms with E-state index in [-0.39, 0.29) is 24.1 Å². The van der Waals surface area contributed by atoms with Crippen LogP contribution < -0.4 is 16.4 Å². The number of imide groups is 1. The van der Waals surface area contributed by atoms with Gasteiger partial charge in [-0.3, -0.25) is 19.7 Å². The van der Waals surface area contributed by atoms with Gasteiger partial charge in [0.2, 0.25) is 11.8 Å². The number of carbonyl (C=O) groups is 3. The van der Waals surface area contributed by atoms with E-state index in [9.17, 15) is 14.4 Å². The van der Waals surface area contributed by atoms with Crippen molar-refractivity contribution >= 4 is 17.7 Å². The van der Waals surface area contributed by atoms with E-state index in [1.54, 1.807) is 4.90 Å². The Bertz CT molecular complexity index is 757. The Morgan fingerprint density at radius 2 is 2.04 bits per heavy atom. The van der Waals surface area contributed by atoms with Gasteiger partial charge >= 0.3 is 0 Å². The van der Waals surface area contributed by atoms with Crippen LogP contribution in [-0.2, 0) is 22.7 Å². The minimum Gasteiger partial charge on any atom is -0.328 e. The molecule has 2 heterocycles. The molecule has 4 rings (SSSR count). The minimum atomic E-state index is -0.565. The summed E-state index contributed by atoms with van der Waals surface area (Å²) in [6.45, 7) is 1.96. The highest BCUT2D eigenvalue weighted by molar-refractivity contribution is 6.05. The highest BCUT2D eigenvalue weighted by atomic mass is 16.2. The Labute approximate surface area is 152 Å². The van der Waals surface area contributed by atoms with Crippen molar-refractivity contribution in [3.05, 3.63) is 34.9 Å². The second-order valence-electron chi connectivity index (χ2n) is 7.58. The number of carbonyl (C=O) groups excluding carboxylic acids is 3. The number of nitrogens with zero attached hydrogens (tertiary/aromatic N) is 1. The van der Waals surface area contributed by atoms with Crippen LogP contribution in [0.4, 0.5) is 0 Å². The van der Waals surface area contributed by atoms with E-state index < -0.39 is 6.04 Å². The predicted molar refractivity (Wildman–Crippen MR) is 94.9 cm³/mol. The molecule has 7 heteroatoms. The molecule has 26 heavy (non-hydrogen) atoms. The van der Waals surface area contributed by atoms with Gasteiger partial charge in [-0.15, -0.1) is 0 Å². The molecule has 1 saturated heterocycles. The number of nitrogens with two attached hydrogens (primary N) is 1. The van der Waals surface area contributed by atoms with Crippen molar-refractivity contribution in [2.24, 2.45) is 11.7 Å². The minimum absolute atomic E-state index is 0.113. The van der Waals surface area contributed by atoms with Crippen LogP contribution >= 0.6 is 0 Å². The molecular weight excluding hydrogens is 332 g/mol.